The van der Waals surface area contributed by atoms with Gasteiger partial charge in [-0.25, -0.2) is 0 Å². The first kappa shape index (κ1) is 21.8. The highest BCUT2D eigenvalue weighted by atomic mass is 16.2. The number of rotatable bonds is 5. The highest BCUT2D eigenvalue weighted by Crippen LogP contribution is 2.33. The molecule has 0 aromatic heterocycles. The Kier molecular flexibility index (Phi) is 7.48. The van der Waals surface area contributed by atoms with E-state index < -0.39 is 0 Å². The van der Waals surface area contributed by atoms with Crippen molar-refractivity contribution in [1.82, 2.24) is 14.7 Å². The molecule has 0 N–H and O–H groups in total. The maximum Gasteiger partial charge on any atom is 0.222 e. The summed E-state index contributed by atoms with van der Waals surface area (Å²) in [5.41, 5.74) is 2.77. The summed E-state index contributed by atoms with van der Waals surface area (Å²) in [6, 6.07) is 9.63. The molecule has 1 amide bonds. The first-order valence-electron chi connectivity index (χ1n) is 12.4. The summed E-state index contributed by atoms with van der Waals surface area (Å²) in [6.07, 6.45) is 8.17. The smallest absolute Gasteiger partial charge is 0.222 e. The highest BCUT2D eigenvalue weighted by molar-refractivity contribution is 5.76. The molecule has 1 saturated carbocycles. The van der Waals surface area contributed by atoms with E-state index in [9.17, 15) is 4.79 Å². The number of carbonyl (C=O) groups excluding carboxylic acids is 1. The van der Waals surface area contributed by atoms with Crippen LogP contribution in [0.5, 0.6) is 0 Å². The van der Waals surface area contributed by atoms with Gasteiger partial charge in [0.25, 0.3) is 0 Å². The summed E-state index contributed by atoms with van der Waals surface area (Å²) >= 11 is 0. The average Bonchev–Trinajstić information content (AvgIpc) is 2.80. The SMILES string of the molecule is CCN1CCN([C@H]2CCCCC2CC(=O)N2CCC(c3ccc(C)cc3)CC2)CC1. The largest absolute Gasteiger partial charge is 0.343 e. The number of piperazine rings is 1. The van der Waals surface area contributed by atoms with E-state index in [1.807, 2.05) is 0 Å². The molecule has 2 saturated heterocycles. The number of hydrogen-bond acceptors (Lipinski definition) is 3. The Morgan fingerprint density at radius 3 is 2.23 bits per heavy atom. The molecule has 4 rings (SSSR count). The summed E-state index contributed by atoms with van der Waals surface area (Å²) in [5.74, 6) is 1.60. The van der Waals surface area contributed by atoms with Crippen molar-refractivity contribution in [3.05, 3.63) is 35.4 Å². The van der Waals surface area contributed by atoms with Gasteiger partial charge >= 0.3 is 0 Å². The van der Waals surface area contributed by atoms with Gasteiger partial charge in [-0.1, -0.05) is 49.6 Å². The number of hydrogen-bond donors (Lipinski definition) is 0. The quantitative estimate of drug-likeness (QED) is 0.723. The van der Waals surface area contributed by atoms with E-state index in [0.717, 1.165) is 32.4 Å². The fourth-order valence-corrected chi connectivity index (χ4v) is 5.97. The molecule has 0 radical (unpaired) electrons. The van der Waals surface area contributed by atoms with Crippen molar-refractivity contribution in [2.75, 3.05) is 45.8 Å². The third-order valence-electron chi connectivity index (χ3n) is 8.03. The van der Waals surface area contributed by atoms with Crippen LogP contribution >= 0.6 is 0 Å². The predicted molar refractivity (Wildman–Crippen MR) is 124 cm³/mol. The molecule has 4 nitrogen and oxygen atoms in total. The number of amides is 1. The lowest BCUT2D eigenvalue weighted by Crippen LogP contribution is -2.53. The standard InChI is InChI=1S/C26H41N3O/c1-3-27-16-18-28(19-17-27)25-7-5-4-6-24(25)20-26(30)29-14-12-23(13-15-29)22-10-8-21(2)9-11-22/h8-11,23-25H,3-7,12-20H2,1-2H3/t24?,25-/m0/s1. The van der Waals surface area contributed by atoms with Gasteiger partial charge in [0.1, 0.15) is 0 Å². The molecule has 2 aliphatic heterocycles. The van der Waals surface area contributed by atoms with E-state index in [2.05, 4.69) is 52.8 Å². The van der Waals surface area contributed by atoms with Gasteiger partial charge in [-0.2, -0.15) is 0 Å². The topological polar surface area (TPSA) is 26.8 Å². The Balaban J connectivity index is 1.29. The Morgan fingerprint density at radius 1 is 0.900 bits per heavy atom. The lowest BCUT2D eigenvalue weighted by atomic mass is 9.80. The van der Waals surface area contributed by atoms with E-state index >= 15 is 0 Å². The Morgan fingerprint density at radius 2 is 1.57 bits per heavy atom. The van der Waals surface area contributed by atoms with E-state index in [-0.39, 0.29) is 0 Å². The second kappa shape index (κ2) is 10.3. The Bertz CT molecular complexity index is 672. The van der Waals surface area contributed by atoms with Crippen LogP contribution in [0.4, 0.5) is 0 Å². The molecule has 1 aromatic carbocycles. The van der Waals surface area contributed by atoms with Crippen molar-refractivity contribution in [3.8, 4) is 0 Å². The Labute approximate surface area is 183 Å². The molecule has 30 heavy (non-hydrogen) atoms. The lowest BCUT2D eigenvalue weighted by Gasteiger charge is -2.44. The number of aryl methyl sites for hydroxylation is 1. The second-order valence-corrected chi connectivity index (χ2v) is 9.85. The monoisotopic (exact) mass is 411 g/mol. The van der Waals surface area contributed by atoms with Crippen molar-refractivity contribution in [1.29, 1.82) is 0 Å². The first-order valence-corrected chi connectivity index (χ1v) is 12.4. The van der Waals surface area contributed by atoms with Crippen LogP contribution in [-0.4, -0.2) is 72.5 Å². The van der Waals surface area contributed by atoms with Gasteiger partial charge in [-0.15, -0.1) is 0 Å². The number of nitrogens with zero attached hydrogens (tertiary/aromatic N) is 3. The van der Waals surface area contributed by atoms with Crippen LogP contribution in [0.2, 0.25) is 0 Å². The molecule has 4 heteroatoms. The van der Waals surface area contributed by atoms with Gasteiger partial charge in [-0.3, -0.25) is 9.69 Å². The number of likely N-dealkylation sites (tertiary alicyclic amines) is 1. The first-order chi connectivity index (χ1) is 14.6. The van der Waals surface area contributed by atoms with Crippen LogP contribution in [0.25, 0.3) is 0 Å². The number of piperidine rings is 1. The van der Waals surface area contributed by atoms with Gasteiger partial charge in [0.15, 0.2) is 0 Å². The minimum atomic E-state index is 0.418. The molecule has 1 aliphatic carbocycles. The molecule has 2 atom stereocenters. The zero-order valence-corrected chi connectivity index (χ0v) is 19.2. The summed E-state index contributed by atoms with van der Waals surface area (Å²) in [4.78, 5) is 20.6. The van der Waals surface area contributed by atoms with Crippen LogP contribution < -0.4 is 0 Å². The molecule has 3 fully saturated rings. The van der Waals surface area contributed by atoms with Gasteiger partial charge in [0.2, 0.25) is 5.91 Å². The van der Waals surface area contributed by atoms with Gasteiger partial charge in [-0.05, 0) is 56.6 Å². The number of carbonyl (C=O) groups is 1. The fraction of sp³-hybridized carbons (Fsp3) is 0.731. The maximum atomic E-state index is 13.2. The zero-order valence-electron chi connectivity index (χ0n) is 19.2. The summed E-state index contributed by atoms with van der Waals surface area (Å²) in [7, 11) is 0. The van der Waals surface area contributed by atoms with Gasteiger partial charge in [0.05, 0.1) is 0 Å². The average molecular weight is 412 g/mol. The van der Waals surface area contributed by atoms with Crippen LogP contribution in [0.15, 0.2) is 24.3 Å². The van der Waals surface area contributed by atoms with Crippen molar-refractivity contribution in [2.24, 2.45) is 5.92 Å². The van der Waals surface area contributed by atoms with Crippen molar-refractivity contribution in [3.63, 3.8) is 0 Å². The molecular weight excluding hydrogens is 370 g/mol. The fourth-order valence-electron chi connectivity index (χ4n) is 5.97. The van der Waals surface area contributed by atoms with E-state index in [1.54, 1.807) is 0 Å². The third-order valence-corrected chi connectivity index (χ3v) is 8.03. The number of benzene rings is 1. The summed E-state index contributed by atoms with van der Waals surface area (Å²) in [5, 5.41) is 0. The van der Waals surface area contributed by atoms with Gasteiger partial charge in [0, 0.05) is 51.7 Å². The van der Waals surface area contributed by atoms with E-state index in [1.165, 1.54) is 69.5 Å². The zero-order chi connectivity index (χ0) is 20.9. The molecule has 1 aromatic rings. The molecule has 0 bridgehead atoms. The number of likely N-dealkylation sites (N-methyl/N-ethyl adjacent to an activating group) is 1. The van der Waals surface area contributed by atoms with Crippen LogP contribution in [0, 0.1) is 12.8 Å². The minimum Gasteiger partial charge on any atom is -0.343 e. The van der Waals surface area contributed by atoms with Crippen LogP contribution in [0.3, 0.4) is 0 Å². The predicted octanol–water partition coefficient (Wildman–Crippen LogP) is 4.29. The van der Waals surface area contributed by atoms with E-state index in [4.69, 9.17) is 0 Å². The lowest BCUT2D eigenvalue weighted by molar-refractivity contribution is -0.134. The van der Waals surface area contributed by atoms with Crippen molar-refractivity contribution < 1.29 is 4.79 Å². The van der Waals surface area contributed by atoms with Crippen LogP contribution in [0.1, 0.15) is 68.9 Å². The van der Waals surface area contributed by atoms with Crippen molar-refractivity contribution in [2.45, 2.75) is 70.8 Å². The summed E-state index contributed by atoms with van der Waals surface area (Å²) < 4.78 is 0. The Hall–Kier alpha value is -1.39. The molecule has 0 spiro atoms. The van der Waals surface area contributed by atoms with Crippen molar-refractivity contribution >= 4 is 5.91 Å². The molecular formula is C26H41N3O. The molecule has 166 valence electrons. The minimum absolute atomic E-state index is 0.418. The maximum absolute atomic E-state index is 13.2. The van der Waals surface area contributed by atoms with Gasteiger partial charge < -0.3 is 9.80 Å². The highest BCUT2D eigenvalue weighted by Gasteiger charge is 2.34. The molecule has 2 heterocycles. The van der Waals surface area contributed by atoms with Crippen LogP contribution in [-0.2, 0) is 4.79 Å². The summed E-state index contributed by atoms with van der Waals surface area (Å²) in [6.45, 7) is 12.2. The van der Waals surface area contributed by atoms with E-state index in [0.29, 0.717) is 23.8 Å². The normalized spacial score (nSPS) is 27.3. The molecule has 3 aliphatic rings. The molecule has 1 unspecified atom stereocenters. The second-order valence-electron chi connectivity index (χ2n) is 9.85. The third kappa shape index (κ3) is 5.26.